The molecule has 0 aliphatic rings. The molecule has 3 aromatic rings. The molecule has 148 valence electrons. The summed E-state index contributed by atoms with van der Waals surface area (Å²) in [6, 6.07) is 9.97. The Bertz CT molecular complexity index is 1010. The van der Waals surface area contributed by atoms with Crippen molar-refractivity contribution in [2.24, 2.45) is 0 Å². The van der Waals surface area contributed by atoms with E-state index < -0.39 is 0 Å². The predicted octanol–water partition coefficient (Wildman–Crippen LogP) is 4.87. The van der Waals surface area contributed by atoms with E-state index in [9.17, 15) is 5.11 Å². The van der Waals surface area contributed by atoms with E-state index in [1.54, 1.807) is 0 Å². The van der Waals surface area contributed by atoms with Crippen molar-refractivity contribution in [2.75, 3.05) is 13.2 Å². The third-order valence-electron chi connectivity index (χ3n) is 4.59. The van der Waals surface area contributed by atoms with Gasteiger partial charge in [-0.15, -0.1) is 15.0 Å². The number of benzene rings is 2. The van der Waals surface area contributed by atoms with E-state index in [4.69, 9.17) is 4.74 Å². The second-order valence-electron chi connectivity index (χ2n) is 8.50. The molecule has 0 saturated heterocycles. The Morgan fingerprint density at radius 3 is 2.54 bits per heavy atom. The lowest BCUT2D eigenvalue weighted by Crippen LogP contribution is -2.13. The first kappa shape index (κ1) is 20.1. The second kappa shape index (κ2) is 7.76. The molecule has 0 atom stereocenters. The molecular formula is C23H29N3O2. The minimum atomic E-state index is -0.172. The average molecular weight is 380 g/mol. The lowest BCUT2D eigenvalue weighted by molar-refractivity contribution is 0.160. The standard InChI is InChI=1S/C23H29N3O2/c1-15(2)14-28-10-9-17-7-8-19-20(13-17)25-26(24-19)21-12-16(3)11-18(22(21)27)23(4,5)6/h7-8,11-13,27H,1,9-10,14H2,2-6H3. The highest BCUT2D eigenvalue weighted by molar-refractivity contribution is 5.75. The number of hydrogen-bond donors (Lipinski definition) is 1. The van der Waals surface area contributed by atoms with Gasteiger partial charge in [-0.3, -0.25) is 0 Å². The van der Waals surface area contributed by atoms with Crippen molar-refractivity contribution >= 4 is 11.0 Å². The van der Waals surface area contributed by atoms with Crippen molar-refractivity contribution in [3.63, 3.8) is 0 Å². The molecule has 2 aromatic carbocycles. The van der Waals surface area contributed by atoms with Crippen LogP contribution in [0, 0.1) is 6.92 Å². The van der Waals surface area contributed by atoms with E-state index in [0.717, 1.165) is 39.7 Å². The van der Waals surface area contributed by atoms with E-state index >= 15 is 0 Å². The Kier molecular flexibility index (Phi) is 5.57. The van der Waals surface area contributed by atoms with Crippen LogP contribution >= 0.6 is 0 Å². The minimum absolute atomic E-state index is 0.172. The van der Waals surface area contributed by atoms with Crippen LogP contribution < -0.4 is 0 Å². The minimum Gasteiger partial charge on any atom is -0.505 e. The number of phenolic OH excluding ortho intramolecular Hbond substituents is 1. The molecule has 28 heavy (non-hydrogen) atoms. The van der Waals surface area contributed by atoms with E-state index in [1.165, 1.54) is 4.80 Å². The highest BCUT2D eigenvalue weighted by Gasteiger charge is 2.22. The average Bonchev–Trinajstić information content (AvgIpc) is 3.02. The Morgan fingerprint density at radius 2 is 1.86 bits per heavy atom. The Morgan fingerprint density at radius 1 is 1.14 bits per heavy atom. The molecule has 0 saturated carbocycles. The number of nitrogens with zero attached hydrogens (tertiary/aromatic N) is 3. The van der Waals surface area contributed by atoms with Crippen LogP contribution in [-0.4, -0.2) is 33.3 Å². The zero-order valence-electron chi connectivity index (χ0n) is 17.4. The molecule has 0 amide bonds. The van der Waals surface area contributed by atoms with Crippen LogP contribution in [0.25, 0.3) is 16.7 Å². The summed E-state index contributed by atoms with van der Waals surface area (Å²) in [4.78, 5) is 1.53. The molecule has 1 N–H and O–H groups in total. The van der Waals surface area contributed by atoms with Crippen molar-refractivity contribution in [1.82, 2.24) is 15.0 Å². The number of phenols is 1. The molecule has 1 heterocycles. The Hall–Kier alpha value is -2.66. The zero-order chi connectivity index (χ0) is 20.5. The molecule has 5 nitrogen and oxygen atoms in total. The molecule has 0 aliphatic carbocycles. The number of rotatable bonds is 6. The first-order valence-electron chi connectivity index (χ1n) is 9.58. The van der Waals surface area contributed by atoms with Crippen LogP contribution in [0.4, 0.5) is 0 Å². The van der Waals surface area contributed by atoms with Crippen LogP contribution in [0.2, 0.25) is 0 Å². The first-order chi connectivity index (χ1) is 13.1. The summed E-state index contributed by atoms with van der Waals surface area (Å²) in [5.41, 5.74) is 6.15. The van der Waals surface area contributed by atoms with Gasteiger partial charge in [-0.1, -0.05) is 45.1 Å². The van der Waals surface area contributed by atoms with E-state index in [2.05, 4.69) is 37.5 Å². The van der Waals surface area contributed by atoms with Gasteiger partial charge in [0.05, 0.1) is 13.2 Å². The van der Waals surface area contributed by atoms with Crippen LogP contribution in [-0.2, 0) is 16.6 Å². The predicted molar refractivity (Wildman–Crippen MR) is 113 cm³/mol. The second-order valence-corrected chi connectivity index (χ2v) is 8.50. The lowest BCUT2D eigenvalue weighted by Gasteiger charge is -2.22. The summed E-state index contributed by atoms with van der Waals surface area (Å²) < 4.78 is 5.59. The molecule has 0 bridgehead atoms. The fourth-order valence-corrected chi connectivity index (χ4v) is 3.14. The summed E-state index contributed by atoms with van der Waals surface area (Å²) in [6.07, 6.45) is 0.806. The normalized spacial score (nSPS) is 11.9. The summed E-state index contributed by atoms with van der Waals surface area (Å²) >= 11 is 0. The molecule has 0 spiro atoms. The van der Waals surface area contributed by atoms with Crippen LogP contribution in [0.1, 0.15) is 44.4 Å². The topological polar surface area (TPSA) is 60.2 Å². The number of aromatic nitrogens is 3. The molecular weight excluding hydrogens is 350 g/mol. The van der Waals surface area contributed by atoms with Gasteiger partial charge in [0.1, 0.15) is 22.5 Å². The molecule has 1 aromatic heterocycles. The van der Waals surface area contributed by atoms with Gasteiger partial charge in [-0.2, -0.15) is 0 Å². The van der Waals surface area contributed by atoms with Gasteiger partial charge in [0.15, 0.2) is 0 Å². The molecule has 0 radical (unpaired) electrons. The zero-order valence-corrected chi connectivity index (χ0v) is 17.4. The summed E-state index contributed by atoms with van der Waals surface area (Å²) in [5.74, 6) is 0.229. The Labute approximate surface area is 166 Å². The van der Waals surface area contributed by atoms with Crippen molar-refractivity contribution in [3.05, 3.63) is 59.2 Å². The number of fused-ring (bicyclic) bond motifs is 1. The molecule has 0 unspecified atom stereocenters. The molecule has 0 aliphatic heterocycles. The fourth-order valence-electron chi connectivity index (χ4n) is 3.14. The van der Waals surface area contributed by atoms with Crippen molar-refractivity contribution in [1.29, 1.82) is 0 Å². The van der Waals surface area contributed by atoms with Gasteiger partial charge in [0.25, 0.3) is 0 Å². The number of aromatic hydroxyl groups is 1. The lowest BCUT2D eigenvalue weighted by atomic mass is 9.85. The maximum atomic E-state index is 10.8. The van der Waals surface area contributed by atoms with Gasteiger partial charge in [-0.25, -0.2) is 0 Å². The highest BCUT2D eigenvalue weighted by atomic mass is 16.5. The van der Waals surface area contributed by atoms with Crippen molar-refractivity contribution < 1.29 is 9.84 Å². The first-order valence-corrected chi connectivity index (χ1v) is 9.58. The fraction of sp³-hybridized carbons (Fsp3) is 0.391. The summed E-state index contributed by atoms with van der Waals surface area (Å²) in [7, 11) is 0. The Balaban J connectivity index is 1.91. The van der Waals surface area contributed by atoms with Crippen molar-refractivity contribution in [3.8, 4) is 11.4 Å². The van der Waals surface area contributed by atoms with Gasteiger partial charge in [0.2, 0.25) is 0 Å². The maximum Gasteiger partial charge on any atom is 0.146 e. The van der Waals surface area contributed by atoms with Crippen LogP contribution in [0.15, 0.2) is 42.5 Å². The number of aryl methyl sites for hydroxylation is 1. The number of hydrogen-bond acceptors (Lipinski definition) is 4. The highest BCUT2D eigenvalue weighted by Crippen LogP contribution is 2.36. The largest absolute Gasteiger partial charge is 0.505 e. The maximum absolute atomic E-state index is 10.8. The quantitative estimate of drug-likeness (QED) is 0.490. The van der Waals surface area contributed by atoms with Gasteiger partial charge >= 0.3 is 0 Å². The van der Waals surface area contributed by atoms with Gasteiger partial charge in [0, 0.05) is 5.56 Å². The number of ether oxygens (including phenoxy) is 1. The molecule has 0 fully saturated rings. The van der Waals surface area contributed by atoms with Crippen LogP contribution in [0.5, 0.6) is 5.75 Å². The molecule has 5 heteroatoms. The third kappa shape index (κ3) is 4.42. The van der Waals surface area contributed by atoms with Crippen LogP contribution in [0.3, 0.4) is 0 Å². The summed E-state index contributed by atoms with van der Waals surface area (Å²) in [6.45, 7) is 15.3. The van der Waals surface area contributed by atoms with E-state index in [0.29, 0.717) is 18.9 Å². The monoisotopic (exact) mass is 379 g/mol. The van der Waals surface area contributed by atoms with E-state index in [-0.39, 0.29) is 11.2 Å². The molecule has 3 rings (SSSR count). The van der Waals surface area contributed by atoms with Gasteiger partial charge < -0.3 is 9.84 Å². The van der Waals surface area contributed by atoms with Gasteiger partial charge in [-0.05, 0) is 55.0 Å². The van der Waals surface area contributed by atoms with E-state index in [1.807, 2.05) is 44.2 Å². The van der Waals surface area contributed by atoms with Crippen molar-refractivity contribution in [2.45, 2.75) is 46.5 Å². The summed E-state index contributed by atoms with van der Waals surface area (Å²) in [5, 5.41) is 20.0. The SMILES string of the molecule is C=C(C)COCCc1ccc2nn(-c3cc(C)cc(C(C)(C)C)c3O)nc2c1. The smallest absolute Gasteiger partial charge is 0.146 e. The third-order valence-corrected chi connectivity index (χ3v) is 4.59.